The molecule has 0 aromatic heterocycles. The summed E-state index contributed by atoms with van der Waals surface area (Å²) in [7, 11) is 0. The summed E-state index contributed by atoms with van der Waals surface area (Å²) >= 11 is 0. The summed E-state index contributed by atoms with van der Waals surface area (Å²) < 4.78 is 0. The standard InChI is InChI=1S/C17H19N/c1-13-5-2-3-8-16(13)15-7-4-6-14(11-15)12-17(18)9-10-17/h2-8,11H,9-10,12,18H2,1H3. The van der Waals surface area contributed by atoms with Gasteiger partial charge < -0.3 is 5.73 Å². The van der Waals surface area contributed by atoms with Crippen LogP contribution in [0.25, 0.3) is 11.1 Å². The highest BCUT2D eigenvalue weighted by molar-refractivity contribution is 5.67. The second-order valence-electron chi connectivity index (χ2n) is 5.55. The van der Waals surface area contributed by atoms with Gasteiger partial charge in [0.05, 0.1) is 0 Å². The minimum Gasteiger partial charge on any atom is -0.325 e. The summed E-state index contributed by atoms with van der Waals surface area (Å²) in [5.74, 6) is 0. The van der Waals surface area contributed by atoms with Gasteiger partial charge >= 0.3 is 0 Å². The quantitative estimate of drug-likeness (QED) is 0.865. The van der Waals surface area contributed by atoms with Crippen LogP contribution in [0.15, 0.2) is 48.5 Å². The van der Waals surface area contributed by atoms with Crippen molar-refractivity contribution in [2.45, 2.75) is 31.7 Å². The summed E-state index contributed by atoms with van der Waals surface area (Å²) in [6.07, 6.45) is 3.34. The van der Waals surface area contributed by atoms with Crippen LogP contribution in [-0.2, 0) is 6.42 Å². The lowest BCUT2D eigenvalue weighted by atomic mass is 9.96. The predicted octanol–water partition coefficient (Wildman–Crippen LogP) is 3.70. The molecular weight excluding hydrogens is 218 g/mol. The fourth-order valence-corrected chi connectivity index (χ4v) is 2.49. The Balaban J connectivity index is 1.93. The maximum Gasteiger partial charge on any atom is 0.0196 e. The SMILES string of the molecule is Cc1ccccc1-c1cccc(CC2(N)CC2)c1. The van der Waals surface area contributed by atoms with Crippen LogP contribution in [0.1, 0.15) is 24.0 Å². The lowest BCUT2D eigenvalue weighted by molar-refractivity contribution is 0.672. The van der Waals surface area contributed by atoms with Gasteiger partial charge in [-0.1, -0.05) is 48.5 Å². The highest BCUT2D eigenvalue weighted by Gasteiger charge is 2.37. The molecule has 0 atom stereocenters. The molecule has 1 aliphatic carbocycles. The molecule has 0 radical (unpaired) electrons. The van der Waals surface area contributed by atoms with E-state index in [9.17, 15) is 0 Å². The van der Waals surface area contributed by atoms with Crippen LogP contribution >= 0.6 is 0 Å². The van der Waals surface area contributed by atoms with Gasteiger partial charge in [0.25, 0.3) is 0 Å². The van der Waals surface area contributed by atoms with Gasteiger partial charge in [-0.05, 0) is 48.4 Å². The Labute approximate surface area is 109 Å². The number of rotatable bonds is 3. The monoisotopic (exact) mass is 237 g/mol. The first-order valence-corrected chi connectivity index (χ1v) is 6.60. The third-order valence-corrected chi connectivity index (χ3v) is 3.83. The molecule has 2 aromatic carbocycles. The van der Waals surface area contributed by atoms with Crippen molar-refractivity contribution in [1.82, 2.24) is 0 Å². The van der Waals surface area contributed by atoms with Crippen molar-refractivity contribution in [3.8, 4) is 11.1 Å². The summed E-state index contributed by atoms with van der Waals surface area (Å²) in [4.78, 5) is 0. The van der Waals surface area contributed by atoms with Gasteiger partial charge in [-0.3, -0.25) is 0 Å². The molecule has 1 saturated carbocycles. The number of hydrogen-bond donors (Lipinski definition) is 1. The zero-order valence-electron chi connectivity index (χ0n) is 10.8. The number of hydrogen-bond acceptors (Lipinski definition) is 1. The van der Waals surface area contributed by atoms with Crippen molar-refractivity contribution in [3.63, 3.8) is 0 Å². The predicted molar refractivity (Wildman–Crippen MR) is 76.5 cm³/mol. The third kappa shape index (κ3) is 2.32. The van der Waals surface area contributed by atoms with Gasteiger partial charge in [0.15, 0.2) is 0 Å². The van der Waals surface area contributed by atoms with Crippen LogP contribution in [0.3, 0.4) is 0 Å². The molecule has 0 saturated heterocycles. The molecule has 0 bridgehead atoms. The first kappa shape index (κ1) is 11.5. The van der Waals surface area contributed by atoms with Gasteiger partial charge in [0.2, 0.25) is 0 Å². The van der Waals surface area contributed by atoms with E-state index < -0.39 is 0 Å². The molecule has 1 heteroatoms. The molecule has 2 aromatic rings. The van der Waals surface area contributed by atoms with Crippen LogP contribution in [0.5, 0.6) is 0 Å². The van der Waals surface area contributed by atoms with E-state index in [1.807, 2.05) is 0 Å². The molecule has 0 unspecified atom stereocenters. The van der Waals surface area contributed by atoms with Crippen LogP contribution in [0.2, 0.25) is 0 Å². The van der Waals surface area contributed by atoms with Crippen LogP contribution in [0.4, 0.5) is 0 Å². The number of benzene rings is 2. The van der Waals surface area contributed by atoms with Gasteiger partial charge in [-0.25, -0.2) is 0 Å². The van der Waals surface area contributed by atoms with E-state index in [4.69, 9.17) is 5.73 Å². The Hall–Kier alpha value is -1.60. The Morgan fingerprint density at radius 1 is 1.06 bits per heavy atom. The number of aryl methyl sites for hydroxylation is 1. The highest BCUT2D eigenvalue weighted by atomic mass is 14.8. The van der Waals surface area contributed by atoms with E-state index >= 15 is 0 Å². The molecule has 18 heavy (non-hydrogen) atoms. The first-order chi connectivity index (χ1) is 8.66. The Bertz CT molecular complexity index is 567. The van der Waals surface area contributed by atoms with Crippen molar-refractivity contribution in [1.29, 1.82) is 0 Å². The molecule has 0 spiro atoms. The molecule has 1 aliphatic rings. The summed E-state index contributed by atoms with van der Waals surface area (Å²) in [6, 6.07) is 17.3. The Morgan fingerprint density at radius 3 is 2.56 bits per heavy atom. The highest BCUT2D eigenvalue weighted by Crippen LogP contribution is 2.36. The third-order valence-electron chi connectivity index (χ3n) is 3.83. The Morgan fingerprint density at radius 2 is 1.83 bits per heavy atom. The second kappa shape index (κ2) is 4.25. The molecular formula is C17H19N. The minimum absolute atomic E-state index is 0.0877. The lowest BCUT2D eigenvalue weighted by Crippen LogP contribution is -2.24. The zero-order valence-corrected chi connectivity index (χ0v) is 10.8. The van der Waals surface area contributed by atoms with E-state index in [0.717, 1.165) is 6.42 Å². The zero-order chi connectivity index (χ0) is 12.6. The molecule has 1 nitrogen and oxygen atoms in total. The van der Waals surface area contributed by atoms with Crippen molar-refractivity contribution in [2.24, 2.45) is 5.73 Å². The summed E-state index contributed by atoms with van der Waals surface area (Å²) in [6.45, 7) is 2.16. The molecule has 0 aliphatic heterocycles. The fourth-order valence-electron chi connectivity index (χ4n) is 2.49. The van der Waals surface area contributed by atoms with Crippen molar-refractivity contribution in [3.05, 3.63) is 59.7 Å². The summed E-state index contributed by atoms with van der Waals surface area (Å²) in [5, 5.41) is 0. The van der Waals surface area contributed by atoms with Crippen molar-refractivity contribution < 1.29 is 0 Å². The van der Waals surface area contributed by atoms with Gasteiger partial charge in [0, 0.05) is 5.54 Å². The fraction of sp³-hybridized carbons (Fsp3) is 0.294. The normalized spacial score (nSPS) is 16.6. The molecule has 2 N–H and O–H groups in total. The van der Waals surface area contributed by atoms with Crippen molar-refractivity contribution in [2.75, 3.05) is 0 Å². The van der Waals surface area contributed by atoms with E-state index in [0.29, 0.717) is 0 Å². The number of nitrogens with two attached hydrogens (primary N) is 1. The van der Waals surface area contributed by atoms with E-state index in [-0.39, 0.29) is 5.54 Å². The topological polar surface area (TPSA) is 26.0 Å². The van der Waals surface area contributed by atoms with Crippen LogP contribution < -0.4 is 5.73 Å². The first-order valence-electron chi connectivity index (χ1n) is 6.60. The minimum atomic E-state index is 0.0877. The van der Waals surface area contributed by atoms with Gasteiger partial charge in [-0.2, -0.15) is 0 Å². The van der Waals surface area contributed by atoms with Gasteiger partial charge in [0.1, 0.15) is 0 Å². The molecule has 3 rings (SSSR count). The lowest BCUT2D eigenvalue weighted by Gasteiger charge is -2.11. The van der Waals surface area contributed by atoms with Gasteiger partial charge in [-0.15, -0.1) is 0 Å². The van der Waals surface area contributed by atoms with E-state index in [1.165, 1.54) is 35.1 Å². The molecule has 0 amide bonds. The molecule has 1 fully saturated rings. The molecule has 92 valence electrons. The van der Waals surface area contributed by atoms with Crippen LogP contribution in [0, 0.1) is 6.92 Å². The maximum atomic E-state index is 6.20. The molecule has 0 heterocycles. The smallest absolute Gasteiger partial charge is 0.0196 e. The van der Waals surface area contributed by atoms with E-state index in [1.54, 1.807) is 0 Å². The summed E-state index contributed by atoms with van der Waals surface area (Å²) in [5.41, 5.74) is 11.6. The largest absolute Gasteiger partial charge is 0.325 e. The van der Waals surface area contributed by atoms with Crippen molar-refractivity contribution >= 4 is 0 Å². The van der Waals surface area contributed by atoms with E-state index in [2.05, 4.69) is 55.5 Å². The second-order valence-corrected chi connectivity index (χ2v) is 5.55. The van der Waals surface area contributed by atoms with Crippen LogP contribution in [-0.4, -0.2) is 5.54 Å². The average Bonchev–Trinajstić information content (AvgIpc) is 3.07. The average molecular weight is 237 g/mol. The maximum absolute atomic E-state index is 6.20. The Kier molecular flexibility index (Phi) is 2.71.